The van der Waals surface area contributed by atoms with Crippen LogP contribution in [0.3, 0.4) is 0 Å². The molecule has 0 heterocycles. The molecule has 0 unspecified atom stereocenters. The van der Waals surface area contributed by atoms with Gasteiger partial charge >= 0.3 is 0 Å². The largest absolute Gasteiger partial charge is 0.366 e. The second-order valence-corrected chi connectivity index (χ2v) is 2.66. The van der Waals surface area contributed by atoms with Gasteiger partial charge < -0.3 is 10.6 Å². The van der Waals surface area contributed by atoms with E-state index in [2.05, 4.69) is 6.58 Å². The number of rotatable bonds is 2. The van der Waals surface area contributed by atoms with Crippen LogP contribution in [-0.2, 0) is 4.79 Å². The summed E-state index contributed by atoms with van der Waals surface area (Å²) in [5.74, 6) is -0.400. The molecule has 0 aliphatic rings. The average molecular weight is 158 g/mol. The molecule has 11 heavy (non-hydrogen) atoms. The normalized spacial score (nSPS) is 8.45. The summed E-state index contributed by atoms with van der Waals surface area (Å²) in [4.78, 5) is 12.1. The highest BCUT2D eigenvalue weighted by atomic mass is 16.1. The van der Waals surface area contributed by atoms with Crippen molar-refractivity contribution in [1.82, 2.24) is 4.90 Å². The van der Waals surface area contributed by atoms with Gasteiger partial charge in [-0.25, -0.2) is 0 Å². The second-order valence-electron chi connectivity index (χ2n) is 2.66. The molecule has 0 rings (SSSR count). The lowest BCUT2D eigenvalue weighted by atomic mass is 10.2. The van der Waals surface area contributed by atoms with Crippen molar-refractivity contribution in [1.29, 1.82) is 0 Å². The quantitative estimate of drug-likeness (QED) is 0.599. The highest BCUT2D eigenvalue weighted by Gasteiger charge is 1.93. The van der Waals surface area contributed by atoms with E-state index in [-0.39, 0.29) is 0 Å². The highest BCUT2D eigenvalue weighted by Crippen LogP contribution is 1.91. The van der Waals surface area contributed by atoms with Crippen LogP contribution in [0.2, 0.25) is 0 Å². The van der Waals surface area contributed by atoms with Gasteiger partial charge in [-0.05, 0) is 27.6 Å². The first-order chi connectivity index (χ1) is 4.91. The van der Waals surface area contributed by atoms with E-state index in [4.69, 9.17) is 5.73 Å². The molecule has 0 aliphatic carbocycles. The molecule has 0 saturated heterocycles. The van der Waals surface area contributed by atoms with Crippen molar-refractivity contribution in [3.05, 3.63) is 12.2 Å². The molecule has 2 N–H and O–H groups in total. The first kappa shape index (κ1) is 12.8. The van der Waals surface area contributed by atoms with Gasteiger partial charge in [0.15, 0.2) is 0 Å². The molecule has 3 heteroatoms. The highest BCUT2D eigenvalue weighted by molar-refractivity contribution is 5.91. The van der Waals surface area contributed by atoms with Crippen molar-refractivity contribution in [2.75, 3.05) is 21.1 Å². The van der Waals surface area contributed by atoms with Gasteiger partial charge in [-0.15, -0.1) is 0 Å². The topological polar surface area (TPSA) is 46.3 Å². The van der Waals surface area contributed by atoms with Crippen LogP contribution < -0.4 is 5.73 Å². The predicted molar refractivity (Wildman–Crippen MR) is 48.2 cm³/mol. The van der Waals surface area contributed by atoms with Crippen LogP contribution in [0.4, 0.5) is 0 Å². The molecule has 0 aliphatic heterocycles. The summed E-state index contributed by atoms with van der Waals surface area (Å²) in [6.45, 7) is 5.24. The van der Waals surface area contributed by atoms with Crippen LogP contribution in [-0.4, -0.2) is 32.0 Å². The van der Waals surface area contributed by atoms with Crippen LogP contribution >= 0.6 is 0 Å². The van der Waals surface area contributed by atoms with Crippen molar-refractivity contribution in [2.45, 2.75) is 13.3 Å². The van der Waals surface area contributed by atoms with E-state index in [1.54, 1.807) is 0 Å². The lowest BCUT2D eigenvalue weighted by Gasteiger charge is -1.90. The zero-order valence-corrected chi connectivity index (χ0v) is 7.85. The first-order valence-electron chi connectivity index (χ1n) is 3.50. The minimum atomic E-state index is -0.400. The summed E-state index contributed by atoms with van der Waals surface area (Å²) in [5.41, 5.74) is 5.29. The summed E-state index contributed by atoms with van der Waals surface area (Å²) in [5, 5.41) is 0. The fourth-order valence-corrected chi connectivity index (χ4v) is 0.174. The molecule has 0 atom stereocenters. The number of primary amides is 1. The number of nitrogens with two attached hydrogens (primary N) is 1. The summed E-state index contributed by atoms with van der Waals surface area (Å²) >= 11 is 0. The first-order valence-corrected chi connectivity index (χ1v) is 3.50. The van der Waals surface area contributed by atoms with Gasteiger partial charge in [0.05, 0.1) is 0 Å². The lowest BCUT2D eigenvalue weighted by molar-refractivity contribution is -0.114. The second kappa shape index (κ2) is 7.28. The number of hydrogen-bond donors (Lipinski definition) is 1. The van der Waals surface area contributed by atoms with Gasteiger partial charge in [0.2, 0.25) is 5.91 Å². The van der Waals surface area contributed by atoms with Crippen molar-refractivity contribution in [3.8, 4) is 0 Å². The SMILES string of the molecule is C=C(CC)C(N)=O.CN(C)C. The predicted octanol–water partition coefficient (Wildman–Crippen LogP) is 0.616. The number of amides is 1. The van der Waals surface area contributed by atoms with Crippen LogP contribution in [0.25, 0.3) is 0 Å². The number of nitrogens with zero attached hydrogens (tertiary/aromatic N) is 1. The van der Waals surface area contributed by atoms with E-state index in [0.717, 1.165) is 0 Å². The van der Waals surface area contributed by atoms with Gasteiger partial charge in [-0.1, -0.05) is 13.5 Å². The third-order valence-corrected chi connectivity index (χ3v) is 0.775. The van der Waals surface area contributed by atoms with Crippen molar-refractivity contribution in [3.63, 3.8) is 0 Å². The van der Waals surface area contributed by atoms with Gasteiger partial charge in [0, 0.05) is 5.57 Å². The van der Waals surface area contributed by atoms with Gasteiger partial charge in [-0.3, -0.25) is 4.79 Å². The standard InChI is InChI=1S/C5H9NO.C3H9N/c1-3-4(2)5(6)7;1-4(2)3/h2-3H2,1H3,(H2,6,7);1-3H3. The van der Waals surface area contributed by atoms with Gasteiger partial charge in [0.1, 0.15) is 0 Å². The Morgan fingerprint density at radius 2 is 1.73 bits per heavy atom. The van der Waals surface area contributed by atoms with E-state index in [0.29, 0.717) is 12.0 Å². The fourth-order valence-electron chi connectivity index (χ4n) is 0.174. The van der Waals surface area contributed by atoms with E-state index < -0.39 is 5.91 Å². The van der Waals surface area contributed by atoms with E-state index in [9.17, 15) is 4.79 Å². The van der Waals surface area contributed by atoms with Gasteiger partial charge in [0.25, 0.3) is 0 Å². The summed E-state index contributed by atoms with van der Waals surface area (Å²) in [7, 11) is 6.00. The Morgan fingerprint density at radius 1 is 1.45 bits per heavy atom. The van der Waals surface area contributed by atoms with E-state index >= 15 is 0 Å². The summed E-state index contributed by atoms with van der Waals surface area (Å²) in [6, 6.07) is 0. The summed E-state index contributed by atoms with van der Waals surface area (Å²) in [6.07, 6.45) is 0.648. The number of carbonyl (C=O) groups is 1. The minimum Gasteiger partial charge on any atom is -0.366 e. The van der Waals surface area contributed by atoms with E-state index in [1.165, 1.54) is 0 Å². The Hall–Kier alpha value is -0.830. The van der Waals surface area contributed by atoms with E-state index in [1.807, 2.05) is 33.0 Å². The molecular formula is C8H18N2O. The fraction of sp³-hybridized carbons (Fsp3) is 0.625. The molecule has 0 saturated carbocycles. The average Bonchev–Trinajstić information content (AvgIpc) is 1.85. The number of carbonyl (C=O) groups excluding carboxylic acids is 1. The maximum atomic E-state index is 10.1. The summed E-state index contributed by atoms with van der Waals surface area (Å²) < 4.78 is 0. The van der Waals surface area contributed by atoms with Crippen molar-refractivity contribution in [2.24, 2.45) is 5.73 Å². The van der Waals surface area contributed by atoms with Crippen LogP contribution in [0.1, 0.15) is 13.3 Å². The lowest BCUT2D eigenvalue weighted by Crippen LogP contribution is -2.11. The third kappa shape index (κ3) is 17.6. The number of hydrogen-bond acceptors (Lipinski definition) is 2. The molecule has 0 aromatic rings. The molecule has 0 radical (unpaired) electrons. The van der Waals surface area contributed by atoms with Crippen LogP contribution in [0.15, 0.2) is 12.2 Å². The molecular weight excluding hydrogens is 140 g/mol. The monoisotopic (exact) mass is 158 g/mol. The molecule has 66 valence electrons. The molecule has 0 bridgehead atoms. The zero-order chi connectivity index (χ0) is 9.44. The van der Waals surface area contributed by atoms with Crippen LogP contribution in [0, 0.1) is 0 Å². The Kier molecular flexibility index (Phi) is 8.48. The Bertz CT molecular complexity index is 127. The molecule has 0 fully saturated rings. The minimum absolute atomic E-state index is 0.400. The maximum Gasteiger partial charge on any atom is 0.244 e. The van der Waals surface area contributed by atoms with Crippen LogP contribution in [0.5, 0.6) is 0 Å². The Balaban J connectivity index is 0. The molecule has 0 spiro atoms. The Morgan fingerprint density at radius 3 is 1.73 bits per heavy atom. The smallest absolute Gasteiger partial charge is 0.244 e. The van der Waals surface area contributed by atoms with Gasteiger partial charge in [-0.2, -0.15) is 0 Å². The Labute approximate surface area is 68.9 Å². The van der Waals surface area contributed by atoms with Crippen molar-refractivity contribution >= 4 is 5.91 Å². The third-order valence-electron chi connectivity index (χ3n) is 0.775. The molecule has 0 aromatic carbocycles. The maximum absolute atomic E-state index is 10.1. The van der Waals surface area contributed by atoms with Crippen molar-refractivity contribution < 1.29 is 4.79 Å². The molecule has 3 nitrogen and oxygen atoms in total. The zero-order valence-electron chi connectivity index (χ0n) is 7.85. The molecule has 0 aromatic heterocycles. The molecule has 1 amide bonds.